The second kappa shape index (κ2) is 7.09. The molecule has 0 bridgehead atoms. The van der Waals surface area contributed by atoms with Gasteiger partial charge in [-0.25, -0.2) is 14.8 Å². The lowest BCUT2D eigenvalue weighted by molar-refractivity contribution is 0.138. The predicted molar refractivity (Wildman–Crippen MR) is 94.6 cm³/mol. The van der Waals surface area contributed by atoms with E-state index in [0.29, 0.717) is 23.7 Å². The lowest BCUT2D eigenvalue weighted by atomic mass is 9.92. The number of urea groups is 1. The summed E-state index contributed by atoms with van der Waals surface area (Å²) in [7, 11) is 0. The van der Waals surface area contributed by atoms with E-state index in [4.69, 9.17) is 4.74 Å². The Morgan fingerprint density at radius 1 is 1.08 bits per heavy atom. The van der Waals surface area contributed by atoms with E-state index in [1.807, 2.05) is 17.0 Å². The van der Waals surface area contributed by atoms with Crippen LogP contribution in [0.3, 0.4) is 0 Å². The number of hydrogen-bond acceptors (Lipinski definition) is 4. The number of benzene rings is 1. The highest BCUT2D eigenvalue weighted by Gasteiger charge is 2.37. The Labute approximate surface area is 147 Å². The summed E-state index contributed by atoms with van der Waals surface area (Å²) in [6.45, 7) is 0.861. The molecule has 6 nitrogen and oxygen atoms in total. The van der Waals surface area contributed by atoms with Crippen molar-refractivity contribution in [3.05, 3.63) is 42.7 Å². The number of nitrogens with zero attached hydrogens (tertiary/aromatic N) is 3. The zero-order valence-corrected chi connectivity index (χ0v) is 14.1. The number of ether oxygens (including phenoxy) is 1. The van der Waals surface area contributed by atoms with E-state index in [0.717, 1.165) is 25.1 Å². The van der Waals surface area contributed by atoms with E-state index in [-0.39, 0.29) is 6.03 Å². The maximum atomic E-state index is 12.6. The van der Waals surface area contributed by atoms with Crippen molar-refractivity contribution in [1.82, 2.24) is 14.9 Å². The molecule has 2 aliphatic rings. The quantitative estimate of drug-likeness (QED) is 0.916. The van der Waals surface area contributed by atoms with Crippen molar-refractivity contribution in [3.63, 3.8) is 0 Å². The Kier molecular flexibility index (Phi) is 4.50. The first kappa shape index (κ1) is 15.9. The predicted octanol–water partition coefficient (Wildman–Crippen LogP) is 4.07. The van der Waals surface area contributed by atoms with Crippen molar-refractivity contribution in [2.24, 2.45) is 5.92 Å². The fraction of sp³-hybridized carbons (Fsp3) is 0.421. The van der Waals surface area contributed by atoms with Gasteiger partial charge in [-0.2, -0.15) is 0 Å². The third-order valence-electron chi connectivity index (χ3n) is 5.11. The molecule has 0 spiro atoms. The molecule has 25 heavy (non-hydrogen) atoms. The Bertz CT molecular complexity index is 720. The number of likely N-dealkylation sites (tertiary alicyclic amines) is 1. The number of carbonyl (C=O) groups is 1. The van der Waals surface area contributed by atoms with Crippen molar-refractivity contribution in [2.45, 2.75) is 38.1 Å². The summed E-state index contributed by atoms with van der Waals surface area (Å²) in [5.41, 5.74) is 0.770. The highest BCUT2D eigenvalue weighted by molar-refractivity contribution is 5.89. The summed E-state index contributed by atoms with van der Waals surface area (Å²) in [6, 6.07) is 9.77. The highest BCUT2D eigenvalue weighted by Crippen LogP contribution is 2.37. The molecule has 0 radical (unpaired) electrons. The second-order valence-electron chi connectivity index (χ2n) is 6.68. The van der Waals surface area contributed by atoms with Crippen LogP contribution in [0.4, 0.5) is 10.5 Å². The van der Waals surface area contributed by atoms with Crippen LogP contribution in [0.5, 0.6) is 11.8 Å². The molecule has 2 fully saturated rings. The van der Waals surface area contributed by atoms with Gasteiger partial charge in [-0.05, 0) is 61.9 Å². The van der Waals surface area contributed by atoms with Gasteiger partial charge < -0.3 is 15.0 Å². The van der Waals surface area contributed by atoms with E-state index >= 15 is 0 Å². The topological polar surface area (TPSA) is 67.3 Å². The van der Waals surface area contributed by atoms with Crippen molar-refractivity contribution in [1.29, 1.82) is 0 Å². The zero-order valence-electron chi connectivity index (χ0n) is 14.1. The van der Waals surface area contributed by atoms with E-state index in [1.165, 1.54) is 19.3 Å². The molecule has 2 amide bonds. The Hall–Kier alpha value is -2.63. The lowest BCUT2D eigenvalue weighted by Gasteiger charge is -2.37. The number of rotatable bonds is 3. The molecule has 0 unspecified atom stereocenters. The summed E-state index contributed by atoms with van der Waals surface area (Å²) >= 11 is 0. The van der Waals surface area contributed by atoms with E-state index in [2.05, 4.69) is 15.3 Å². The average Bonchev–Trinajstić information content (AvgIpc) is 3.13. The molecule has 1 aliphatic carbocycles. The smallest absolute Gasteiger partial charge is 0.322 e. The molecule has 1 aliphatic heterocycles. The third kappa shape index (κ3) is 3.57. The largest absolute Gasteiger partial charge is 0.424 e. The van der Waals surface area contributed by atoms with Gasteiger partial charge in [0, 0.05) is 30.7 Å². The molecule has 130 valence electrons. The molecule has 2 atom stereocenters. The molecule has 1 saturated carbocycles. The normalized spacial score (nSPS) is 22.3. The third-order valence-corrected chi connectivity index (χ3v) is 5.11. The molecule has 2 heterocycles. The first-order valence-electron chi connectivity index (χ1n) is 8.92. The van der Waals surface area contributed by atoms with E-state index in [1.54, 1.807) is 30.6 Å². The van der Waals surface area contributed by atoms with Gasteiger partial charge in [0.05, 0.1) is 0 Å². The second-order valence-corrected chi connectivity index (χ2v) is 6.68. The van der Waals surface area contributed by atoms with Gasteiger partial charge in [-0.15, -0.1) is 0 Å². The van der Waals surface area contributed by atoms with Crippen LogP contribution in [0.2, 0.25) is 0 Å². The first-order chi connectivity index (χ1) is 12.3. The van der Waals surface area contributed by atoms with Crippen molar-refractivity contribution in [2.75, 3.05) is 11.9 Å². The van der Waals surface area contributed by atoms with Gasteiger partial charge in [-0.3, -0.25) is 0 Å². The minimum absolute atomic E-state index is 0.0108. The molecule has 1 aromatic carbocycles. The number of aromatic nitrogens is 2. The Morgan fingerprint density at radius 3 is 2.64 bits per heavy atom. The number of fused-ring (bicyclic) bond motifs is 1. The van der Waals surface area contributed by atoms with Crippen molar-refractivity contribution < 1.29 is 9.53 Å². The molecular formula is C19H22N4O2. The first-order valence-corrected chi connectivity index (χ1v) is 8.92. The molecule has 1 aromatic heterocycles. The fourth-order valence-electron chi connectivity index (χ4n) is 3.95. The monoisotopic (exact) mass is 338 g/mol. The van der Waals surface area contributed by atoms with Gasteiger partial charge in [0.25, 0.3) is 0 Å². The van der Waals surface area contributed by atoms with Gasteiger partial charge in [0.2, 0.25) is 0 Å². The number of amides is 2. The SMILES string of the molecule is O=C(Nc1ccc(Oc2ncccn2)cc1)N1CCC[C@@H]2CCC[C@H]21. The molecule has 6 heteroatoms. The number of anilines is 1. The van der Waals surface area contributed by atoms with Gasteiger partial charge >= 0.3 is 12.0 Å². The molecule has 1 saturated heterocycles. The van der Waals surface area contributed by atoms with Crippen LogP contribution in [0, 0.1) is 5.92 Å². The zero-order chi connectivity index (χ0) is 17.1. The van der Waals surface area contributed by atoms with Gasteiger partial charge in [0.15, 0.2) is 0 Å². The highest BCUT2D eigenvalue weighted by atomic mass is 16.5. The Morgan fingerprint density at radius 2 is 1.84 bits per heavy atom. The number of hydrogen-bond donors (Lipinski definition) is 1. The van der Waals surface area contributed by atoms with E-state index < -0.39 is 0 Å². The van der Waals surface area contributed by atoms with E-state index in [9.17, 15) is 4.79 Å². The summed E-state index contributed by atoms with van der Waals surface area (Å²) in [5, 5.41) is 3.02. The van der Waals surface area contributed by atoms with Crippen molar-refractivity contribution in [3.8, 4) is 11.8 Å². The summed E-state index contributed by atoms with van der Waals surface area (Å²) in [4.78, 5) is 22.7. The number of piperidine rings is 1. The molecule has 2 aromatic rings. The molecule has 4 rings (SSSR count). The van der Waals surface area contributed by atoms with Crippen LogP contribution < -0.4 is 10.1 Å². The fourth-order valence-corrected chi connectivity index (χ4v) is 3.95. The van der Waals surface area contributed by atoms with Crippen LogP contribution in [0.15, 0.2) is 42.7 Å². The van der Waals surface area contributed by atoms with Crippen LogP contribution in [0.25, 0.3) is 0 Å². The number of carbonyl (C=O) groups excluding carboxylic acids is 1. The maximum Gasteiger partial charge on any atom is 0.322 e. The van der Waals surface area contributed by atoms with Crippen LogP contribution in [-0.2, 0) is 0 Å². The van der Waals surface area contributed by atoms with Crippen molar-refractivity contribution >= 4 is 11.7 Å². The minimum atomic E-state index is 0.0108. The van der Waals surface area contributed by atoms with Gasteiger partial charge in [0.1, 0.15) is 5.75 Å². The molecule has 1 N–H and O–H groups in total. The Balaban J connectivity index is 1.38. The number of nitrogens with one attached hydrogen (secondary N) is 1. The average molecular weight is 338 g/mol. The van der Waals surface area contributed by atoms with Gasteiger partial charge in [-0.1, -0.05) is 6.42 Å². The minimum Gasteiger partial charge on any atom is -0.424 e. The van der Waals surface area contributed by atoms with Crippen LogP contribution in [-0.4, -0.2) is 33.5 Å². The maximum absolute atomic E-state index is 12.6. The summed E-state index contributed by atoms with van der Waals surface area (Å²) < 4.78 is 5.57. The lowest BCUT2D eigenvalue weighted by Crippen LogP contribution is -2.48. The van der Waals surface area contributed by atoms with Crippen LogP contribution in [0.1, 0.15) is 32.1 Å². The summed E-state index contributed by atoms with van der Waals surface area (Å²) in [6.07, 6.45) is 9.29. The standard InChI is InChI=1S/C19H22N4O2/c24-19(23-13-2-5-14-4-1-6-17(14)23)22-15-7-9-16(10-8-15)25-18-20-11-3-12-21-18/h3,7-12,14,17H,1-2,4-6,13H2,(H,22,24)/t14-,17+/m0/s1. The molecular weight excluding hydrogens is 316 g/mol. The van der Waals surface area contributed by atoms with Crippen LogP contribution >= 0.6 is 0 Å². The summed E-state index contributed by atoms with van der Waals surface area (Å²) in [5.74, 6) is 1.33.